The summed E-state index contributed by atoms with van der Waals surface area (Å²) in [5.74, 6) is 1.98. The van der Waals surface area contributed by atoms with Crippen LogP contribution in [0.2, 0.25) is 0 Å². The molecule has 0 unspecified atom stereocenters. The largest absolute Gasteiger partial charge is 0.457 e. The van der Waals surface area contributed by atoms with Gasteiger partial charge in [0.05, 0.1) is 28.6 Å². The monoisotopic (exact) mass is 519 g/mol. The van der Waals surface area contributed by atoms with E-state index in [1.54, 1.807) is 11.2 Å². The van der Waals surface area contributed by atoms with Crippen LogP contribution in [0.3, 0.4) is 0 Å². The molecule has 0 spiro atoms. The summed E-state index contributed by atoms with van der Waals surface area (Å²) in [6, 6.07) is 15.5. The van der Waals surface area contributed by atoms with Gasteiger partial charge in [-0.15, -0.1) is 0 Å². The first-order chi connectivity index (χ1) is 18.9. The summed E-state index contributed by atoms with van der Waals surface area (Å²) < 4.78 is 8.12. The van der Waals surface area contributed by atoms with Crippen molar-refractivity contribution in [3.63, 3.8) is 0 Å². The lowest BCUT2D eigenvalue weighted by atomic mass is 10.2. The highest BCUT2D eigenvalue weighted by molar-refractivity contribution is 5.88. The number of nitrogens with one attached hydrogen (secondary N) is 1. The minimum atomic E-state index is -0.102. The number of carbonyl (C=O) groups is 1. The topological polar surface area (TPSA) is 98.1 Å². The maximum atomic E-state index is 11.9. The van der Waals surface area contributed by atoms with E-state index in [1.807, 2.05) is 86.1 Å². The van der Waals surface area contributed by atoms with Gasteiger partial charge in [0.25, 0.3) is 0 Å². The Morgan fingerprint density at radius 1 is 1.10 bits per heavy atom. The Balaban J connectivity index is 1.33. The second-order valence-electron chi connectivity index (χ2n) is 9.02. The Bertz CT molecular complexity index is 1710. The molecule has 1 N–H and O–H groups in total. The van der Waals surface area contributed by atoms with E-state index in [9.17, 15) is 4.79 Å². The minimum Gasteiger partial charge on any atom is -0.457 e. The van der Waals surface area contributed by atoms with E-state index in [2.05, 4.69) is 26.8 Å². The second kappa shape index (κ2) is 11.1. The standard InChI is InChI=1S/C30H29N7O2/c1-5-28(38)37(6-2)15-7-8-21-9-12-24-29(34-21)30(32-18-31-24)35-22-10-14-27(20(3)16-22)39-23-11-13-26-25(17-23)33-19-36(26)4/h5,7-14,16-19H,1,6,15H2,2-4H3,(H,31,32,35)/b8-7+. The highest BCUT2D eigenvalue weighted by atomic mass is 16.5. The summed E-state index contributed by atoms with van der Waals surface area (Å²) in [5, 5.41) is 3.37. The number of hydrogen-bond acceptors (Lipinski definition) is 7. The van der Waals surface area contributed by atoms with E-state index in [4.69, 9.17) is 9.72 Å². The summed E-state index contributed by atoms with van der Waals surface area (Å²) in [6.45, 7) is 8.56. The molecule has 0 saturated carbocycles. The molecule has 0 radical (unpaired) electrons. The van der Waals surface area contributed by atoms with Gasteiger partial charge in [0.15, 0.2) is 5.82 Å². The minimum absolute atomic E-state index is 0.102. The van der Waals surface area contributed by atoms with E-state index >= 15 is 0 Å². The van der Waals surface area contributed by atoms with Crippen molar-refractivity contribution in [1.82, 2.24) is 29.4 Å². The fraction of sp³-hybridized carbons (Fsp3) is 0.167. The molecule has 0 saturated heterocycles. The van der Waals surface area contributed by atoms with Gasteiger partial charge in [-0.05, 0) is 74.0 Å². The van der Waals surface area contributed by atoms with Crippen molar-refractivity contribution in [2.45, 2.75) is 13.8 Å². The zero-order chi connectivity index (χ0) is 27.4. The van der Waals surface area contributed by atoms with Crippen LogP contribution in [0.5, 0.6) is 11.5 Å². The third-order valence-electron chi connectivity index (χ3n) is 6.35. The van der Waals surface area contributed by atoms with Crippen molar-refractivity contribution in [2.75, 3.05) is 18.4 Å². The average molecular weight is 520 g/mol. The van der Waals surface area contributed by atoms with Gasteiger partial charge in [-0.1, -0.05) is 12.7 Å². The van der Waals surface area contributed by atoms with Crippen LogP contribution in [-0.4, -0.2) is 48.4 Å². The number of nitrogens with zero attached hydrogens (tertiary/aromatic N) is 6. The first-order valence-electron chi connectivity index (χ1n) is 12.6. The van der Waals surface area contributed by atoms with Gasteiger partial charge in [0, 0.05) is 31.9 Å². The Morgan fingerprint density at radius 3 is 2.77 bits per heavy atom. The number of fused-ring (bicyclic) bond motifs is 2. The Hall–Kier alpha value is -5.05. The highest BCUT2D eigenvalue weighted by Crippen LogP contribution is 2.30. The third-order valence-corrected chi connectivity index (χ3v) is 6.35. The number of pyridine rings is 1. The molecule has 3 heterocycles. The molecule has 5 rings (SSSR count). The summed E-state index contributed by atoms with van der Waals surface area (Å²) in [7, 11) is 1.97. The first-order valence-corrected chi connectivity index (χ1v) is 12.6. The summed E-state index contributed by atoms with van der Waals surface area (Å²) >= 11 is 0. The van der Waals surface area contributed by atoms with Crippen molar-refractivity contribution in [2.24, 2.45) is 7.05 Å². The quantitative estimate of drug-likeness (QED) is 0.246. The fourth-order valence-electron chi connectivity index (χ4n) is 4.23. The molecule has 0 aliphatic heterocycles. The number of aryl methyl sites for hydroxylation is 2. The Kier molecular flexibility index (Phi) is 7.31. The number of likely N-dealkylation sites (N-methyl/N-ethyl adjacent to an activating group) is 1. The molecular formula is C30H29N7O2. The third kappa shape index (κ3) is 5.62. The smallest absolute Gasteiger partial charge is 0.246 e. The van der Waals surface area contributed by atoms with Crippen molar-refractivity contribution < 1.29 is 9.53 Å². The van der Waals surface area contributed by atoms with Crippen molar-refractivity contribution >= 4 is 45.6 Å². The van der Waals surface area contributed by atoms with Gasteiger partial charge in [-0.2, -0.15) is 0 Å². The lowest BCUT2D eigenvalue weighted by Crippen LogP contribution is -2.29. The molecule has 0 aliphatic carbocycles. The van der Waals surface area contributed by atoms with Crippen LogP contribution in [0.15, 0.2) is 79.9 Å². The first kappa shape index (κ1) is 25.6. The van der Waals surface area contributed by atoms with Crippen LogP contribution in [0.1, 0.15) is 18.2 Å². The average Bonchev–Trinajstić information content (AvgIpc) is 3.32. The molecule has 0 fully saturated rings. The Labute approximate surface area is 226 Å². The predicted molar refractivity (Wildman–Crippen MR) is 154 cm³/mol. The molecular weight excluding hydrogens is 490 g/mol. The number of carbonyl (C=O) groups excluding carboxylic acids is 1. The number of imidazole rings is 1. The van der Waals surface area contributed by atoms with E-state index < -0.39 is 0 Å². The van der Waals surface area contributed by atoms with Crippen LogP contribution in [0.4, 0.5) is 11.5 Å². The van der Waals surface area contributed by atoms with Gasteiger partial charge in [0.1, 0.15) is 23.3 Å². The normalized spacial score (nSPS) is 11.3. The summed E-state index contributed by atoms with van der Waals surface area (Å²) in [6.07, 6.45) is 8.41. The van der Waals surface area contributed by atoms with Crippen molar-refractivity contribution in [1.29, 1.82) is 0 Å². The second-order valence-corrected chi connectivity index (χ2v) is 9.02. The lowest BCUT2D eigenvalue weighted by Gasteiger charge is -2.16. The molecule has 9 heteroatoms. The fourth-order valence-corrected chi connectivity index (χ4v) is 4.23. The molecule has 0 bridgehead atoms. The van der Waals surface area contributed by atoms with E-state index in [1.165, 1.54) is 12.4 Å². The molecule has 5 aromatic rings. The maximum absolute atomic E-state index is 11.9. The predicted octanol–water partition coefficient (Wildman–Crippen LogP) is 5.80. The zero-order valence-corrected chi connectivity index (χ0v) is 22.1. The van der Waals surface area contributed by atoms with Crippen LogP contribution in [-0.2, 0) is 11.8 Å². The molecule has 39 heavy (non-hydrogen) atoms. The molecule has 2 aromatic carbocycles. The van der Waals surface area contributed by atoms with Gasteiger partial charge >= 0.3 is 0 Å². The SMILES string of the molecule is C=CC(=O)N(CC)C/C=C/c1ccc2ncnc(Nc3ccc(Oc4ccc5c(c4)ncn5C)c(C)c3)c2n1. The van der Waals surface area contributed by atoms with Crippen LogP contribution in [0.25, 0.3) is 28.1 Å². The zero-order valence-electron chi connectivity index (χ0n) is 22.1. The van der Waals surface area contributed by atoms with E-state index in [0.717, 1.165) is 45.0 Å². The summed E-state index contributed by atoms with van der Waals surface area (Å²) in [5.41, 5.74) is 5.87. The molecule has 1 amide bonds. The number of hydrogen-bond donors (Lipinski definition) is 1. The summed E-state index contributed by atoms with van der Waals surface area (Å²) in [4.78, 5) is 31.5. The van der Waals surface area contributed by atoms with Gasteiger partial charge in [-0.25, -0.2) is 19.9 Å². The van der Waals surface area contributed by atoms with E-state index in [0.29, 0.717) is 24.4 Å². The van der Waals surface area contributed by atoms with Gasteiger partial charge in [-0.3, -0.25) is 4.79 Å². The number of aromatic nitrogens is 5. The van der Waals surface area contributed by atoms with Crippen LogP contribution >= 0.6 is 0 Å². The number of benzene rings is 2. The molecule has 0 atom stereocenters. The lowest BCUT2D eigenvalue weighted by molar-refractivity contribution is -0.125. The molecule has 196 valence electrons. The highest BCUT2D eigenvalue weighted by Gasteiger charge is 2.10. The van der Waals surface area contributed by atoms with Gasteiger partial charge in [0.2, 0.25) is 5.91 Å². The number of amides is 1. The maximum Gasteiger partial charge on any atom is 0.246 e. The molecule has 0 aliphatic rings. The molecule has 3 aromatic heterocycles. The number of ether oxygens (including phenoxy) is 1. The van der Waals surface area contributed by atoms with Crippen LogP contribution in [0, 0.1) is 6.92 Å². The Morgan fingerprint density at radius 2 is 1.97 bits per heavy atom. The van der Waals surface area contributed by atoms with Crippen LogP contribution < -0.4 is 10.1 Å². The number of rotatable bonds is 9. The van der Waals surface area contributed by atoms with Crippen molar-refractivity contribution in [3.05, 3.63) is 91.2 Å². The number of anilines is 2. The van der Waals surface area contributed by atoms with Gasteiger partial charge < -0.3 is 19.5 Å². The van der Waals surface area contributed by atoms with E-state index in [-0.39, 0.29) is 5.91 Å². The molecule has 9 nitrogen and oxygen atoms in total. The van der Waals surface area contributed by atoms with Crippen molar-refractivity contribution in [3.8, 4) is 11.5 Å².